The van der Waals surface area contributed by atoms with Crippen LogP contribution in [0.15, 0.2) is 0 Å². The number of carbonyl (C=O) groups excluding carboxylic acids is 3. The zero-order valence-corrected chi connectivity index (χ0v) is 26.1. The molecule has 0 aromatic carbocycles. The van der Waals surface area contributed by atoms with E-state index in [1.165, 1.54) is 0 Å². The van der Waals surface area contributed by atoms with Gasteiger partial charge in [-0.05, 0) is 108 Å². The van der Waals surface area contributed by atoms with Crippen LogP contribution < -0.4 is 11.5 Å². The number of unbranched alkanes of at least 4 members (excludes halogenated alkanes) is 2. The molecule has 0 radical (unpaired) electrons. The van der Waals surface area contributed by atoms with Gasteiger partial charge in [-0.3, -0.25) is 0 Å². The van der Waals surface area contributed by atoms with Crippen molar-refractivity contribution in [3.05, 3.63) is 0 Å². The molecule has 39 heavy (non-hydrogen) atoms. The van der Waals surface area contributed by atoms with Gasteiger partial charge in [-0.1, -0.05) is 0 Å². The Bertz CT molecular complexity index is 727. The summed E-state index contributed by atoms with van der Waals surface area (Å²) < 4.78 is 16.7. The van der Waals surface area contributed by atoms with Crippen LogP contribution in [0, 0.1) is 0 Å². The van der Waals surface area contributed by atoms with E-state index in [4.69, 9.17) is 25.7 Å². The lowest BCUT2D eigenvalue weighted by Crippen LogP contribution is -2.45. The summed E-state index contributed by atoms with van der Waals surface area (Å²) in [5.41, 5.74) is 9.48. The molecule has 0 bridgehead atoms. The lowest BCUT2D eigenvalue weighted by molar-refractivity contribution is 0.0131. The number of hydrogen-bond donors (Lipinski definition) is 2. The first kappa shape index (κ1) is 36.7. The van der Waals surface area contributed by atoms with Gasteiger partial charge in [-0.15, -0.1) is 0 Å². The second-order valence-electron chi connectivity index (χ2n) is 12.7. The molecule has 0 aliphatic heterocycles. The van der Waals surface area contributed by atoms with Gasteiger partial charge >= 0.3 is 18.3 Å². The fourth-order valence-corrected chi connectivity index (χ4v) is 3.45. The zero-order chi connectivity index (χ0) is 30.3. The predicted octanol–water partition coefficient (Wildman–Crippen LogP) is 4.57. The van der Waals surface area contributed by atoms with E-state index < -0.39 is 29.0 Å². The molecule has 0 aliphatic carbocycles. The number of nitrogens with two attached hydrogens (primary N) is 2. The van der Waals surface area contributed by atoms with Gasteiger partial charge in [-0.2, -0.15) is 0 Å². The summed E-state index contributed by atoms with van der Waals surface area (Å²) in [7, 11) is 0. The Morgan fingerprint density at radius 3 is 0.974 bits per heavy atom. The van der Waals surface area contributed by atoms with Gasteiger partial charge in [0.2, 0.25) is 0 Å². The fraction of sp³-hybridized carbons (Fsp3) is 0.893. The first-order chi connectivity index (χ1) is 17.9. The van der Waals surface area contributed by atoms with Crippen molar-refractivity contribution in [3.8, 4) is 0 Å². The lowest BCUT2D eigenvalue weighted by Gasteiger charge is -2.31. The van der Waals surface area contributed by atoms with Gasteiger partial charge in [-0.25, -0.2) is 14.4 Å². The van der Waals surface area contributed by atoms with Crippen molar-refractivity contribution in [1.29, 1.82) is 0 Å². The van der Waals surface area contributed by atoms with Crippen molar-refractivity contribution in [3.63, 3.8) is 0 Å². The van der Waals surface area contributed by atoms with E-state index in [1.807, 2.05) is 62.3 Å². The summed E-state index contributed by atoms with van der Waals surface area (Å²) in [6.45, 7) is 20.0. The monoisotopic (exact) mass is 559 g/mol. The van der Waals surface area contributed by atoms with Gasteiger partial charge in [0.1, 0.15) is 16.8 Å². The van der Waals surface area contributed by atoms with Crippen LogP contribution in [0.3, 0.4) is 0 Å². The van der Waals surface area contributed by atoms with E-state index in [9.17, 15) is 14.4 Å². The van der Waals surface area contributed by atoms with Crippen LogP contribution in [0.1, 0.15) is 94.4 Å². The van der Waals surface area contributed by atoms with Gasteiger partial charge in [0.05, 0.1) is 0 Å². The van der Waals surface area contributed by atoms with Crippen LogP contribution in [0.2, 0.25) is 0 Å². The number of amides is 3. The molecule has 0 saturated carbocycles. The SMILES string of the molecule is CC(C)(C)OC(=O)N(CCCN)CCCCCN(CCN(CCCN)C(=O)OC(C)(C)C)C(=O)OC(C)(C)C. The molecule has 0 spiro atoms. The average molecular weight is 560 g/mol. The summed E-state index contributed by atoms with van der Waals surface area (Å²) in [6, 6.07) is 0. The summed E-state index contributed by atoms with van der Waals surface area (Å²) >= 11 is 0. The molecule has 0 rings (SSSR count). The smallest absolute Gasteiger partial charge is 0.410 e. The molecule has 0 fully saturated rings. The largest absolute Gasteiger partial charge is 0.444 e. The van der Waals surface area contributed by atoms with E-state index in [0.29, 0.717) is 71.6 Å². The zero-order valence-electron chi connectivity index (χ0n) is 26.1. The van der Waals surface area contributed by atoms with Crippen molar-refractivity contribution in [2.75, 3.05) is 52.4 Å². The maximum Gasteiger partial charge on any atom is 0.410 e. The molecule has 0 saturated heterocycles. The van der Waals surface area contributed by atoms with E-state index >= 15 is 0 Å². The number of carbonyl (C=O) groups is 3. The average Bonchev–Trinajstić information content (AvgIpc) is 2.75. The van der Waals surface area contributed by atoms with Gasteiger partial charge < -0.3 is 40.4 Å². The molecular formula is C28H57N5O6. The van der Waals surface area contributed by atoms with E-state index in [2.05, 4.69) is 0 Å². The highest BCUT2D eigenvalue weighted by atomic mass is 16.6. The molecule has 11 heteroatoms. The molecule has 4 N–H and O–H groups in total. The second-order valence-corrected chi connectivity index (χ2v) is 12.7. The predicted molar refractivity (Wildman–Crippen MR) is 155 cm³/mol. The van der Waals surface area contributed by atoms with E-state index in [-0.39, 0.29) is 6.09 Å². The highest BCUT2D eigenvalue weighted by Gasteiger charge is 2.26. The molecule has 0 unspecified atom stereocenters. The topological polar surface area (TPSA) is 141 Å². The third kappa shape index (κ3) is 19.4. The minimum Gasteiger partial charge on any atom is -0.444 e. The minimum absolute atomic E-state index is 0.305. The second kappa shape index (κ2) is 17.4. The van der Waals surface area contributed by atoms with Crippen molar-refractivity contribution in [1.82, 2.24) is 14.7 Å². The lowest BCUT2D eigenvalue weighted by atomic mass is 10.2. The highest BCUT2D eigenvalue weighted by molar-refractivity contribution is 5.69. The first-order valence-electron chi connectivity index (χ1n) is 14.2. The van der Waals surface area contributed by atoms with Crippen LogP contribution in [-0.2, 0) is 14.2 Å². The molecule has 230 valence electrons. The van der Waals surface area contributed by atoms with Crippen LogP contribution in [0.25, 0.3) is 0 Å². The van der Waals surface area contributed by atoms with Crippen LogP contribution in [0.4, 0.5) is 14.4 Å². The Labute approximate surface area is 236 Å². The van der Waals surface area contributed by atoms with Crippen LogP contribution in [0.5, 0.6) is 0 Å². The molecular weight excluding hydrogens is 502 g/mol. The van der Waals surface area contributed by atoms with Crippen molar-refractivity contribution >= 4 is 18.3 Å². The summed E-state index contributed by atoms with van der Waals surface area (Å²) in [4.78, 5) is 43.2. The van der Waals surface area contributed by atoms with Gasteiger partial charge in [0.25, 0.3) is 0 Å². The summed E-state index contributed by atoms with van der Waals surface area (Å²) in [5, 5.41) is 0. The van der Waals surface area contributed by atoms with Crippen molar-refractivity contribution < 1.29 is 28.6 Å². The third-order valence-corrected chi connectivity index (χ3v) is 5.22. The molecule has 0 heterocycles. The molecule has 0 atom stereocenters. The Morgan fingerprint density at radius 1 is 0.462 bits per heavy atom. The number of ether oxygens (including phenoxy) is 3. The Morgan fingerprint density at radius 2 is 0.718 bits per heavy atom. The Balaban J connectivity index is 5.17. The minimum atomic E-state index is -0.642. The number of nitrogens with zero attached hydrogens (tertiary/aromatic N) is 3. The van der Waals surface area contributed by atoms with Crippen LogP contribution >= 0.6 is 0 Å². The van der Waals surface area contributed by atoms with E-state index in [1.54, 1.807) is 14.7 Å². The maximum atomic E-state index is 13.0. The van der Waals surface area contributed by atoms with Gasteiger partial charge in [0.15, 0.2) is 0 Å². The molecule has 3 amide bonds. The molecule has 0 aromatic heterocycles. The molecule has 0 aliphatic rings. The molecule has 11 nitrogen and oxygen atoms in total. The standard InChI is InChI=1S/C28H57N5O6/c1-26(2,3)37-23(34)31(19-13-15-29)17-11-10-12-18-32(24(35)38-27(4,5)6)21-22-33(20-14-16-30)25(36)39-28(7,8)9/h10-22,29-30H2,1-9H3. The maximum absolute atomic E-state index is 13.0. The summed E-state index contributed by atoms with van der Waals surface area (Å²) in [5.74, 6) is 0. The normalized spacial score (nSPS) is 12.1. The van der Waals surface area contributed by atoms with Crippen molar-refractivity contribution in [2.45, 2.75) is 111 Å². The number of hydrogen-bond acceptors (Lipinski definition) is 8. The quantitative estimate of drug-likeness (QED) is 0.220. The van der Waals surface area contributed by atoms with Crippen molar-refractivity contribution in [2.24, 2.45) is 11.5 Å². The number of rotatable bonds is 15. The van der Waals surface area contributed by atoms with E-state index in [0.717, 1.165) is 12.8 Å². The first-order valence-corrected chi connectivity index (χ1v) is 14.2. The third-order valence-electron chi connectivity index (χ3n) is 5.22. The Kier molecular flexibility index (Phi) is 16.4. The summed E-state index contributed by atoms with van der Waals surface area (Å²) in [6.07, 6.45) is 2.40. The fourth-order valence-electron chi connectivity index (χ4n) is 3.45. The Hall–Kier alpha value is -2.27. The van der Waals surface area contributed by atoms with Crippen LogP contribution in [-0.4, -0.2) is 102 Å². The van der Waals surface area contributed by atoms with Gasteiger partial charge in [0, 0.05) is 39.3 Å². The highest BCUT2D eigenvalue weighted by Crippen LogP contribution is 2.14. The molecule has 0 aromatic rings.